The number of thiol groups is 1. The van der Waals surface area contributed by atoms with E-state index in [-0.39, 0.29) is 0 Å². The third-order valence-electron chi connectivity index (χ3n) is 4.15. The van der Waals surface area contributed by atoms with Crippen molar-refractivity contribution in [2.24, 2.45) is 5.92 Å². The summed E-state index contributed by atoms with van der Waals surface area (Å²) in [6, 6.07) is 1.26. The minimum atomic E-state index is 0.349. The van der Waals surface area contributed by atoms with Crippen LogP contribution >= 0.6 is 12.9 Å². The first-order valence-electron chi connectivity index (χ1n) is 7.07. The Morgan fingerprint density at radius 2 is 2.17 bits per heavy atom. The summed E-state index contributed by atoms with van der Waals surface area (Å²) in [4.78, 5) is 2.56. The number of nitrogens with one attached hydrogen (secondary N) is 1. The summed E-state index contributed by atoms with van der Waals surface area (Å²) in [7, 11) is 0. The van der Waals surface area contributed by atoms with E-state index >= 15 is 0 Å². The van der Waals surface area contributed by atoms with Gasteiger partial charge in [0.1, 0.15) is 0 Å². The molecule has 1 N–H and O–H groups in total. The Kier molecular flexibility index (Phi) is 4.98. The summed E-state index contributed by atoms with van der Waals surface area (Å²) < 4.78 is 5.00. The van der Waals surface area contributed by atoms with Crippen molar-refractivity contribution in [3.05, 3.63) is 11.8 Å². The summed E-state index contributed by atoms with van der Waals surface area (Å²) in [5, 5.41) is 3.58. The average Bonchev–Trinajstić information content (AvgIpc) is 2.71. The number of likely N-dealkylation sites (tertiary alicyclic amines) is 1. The predicted octanol–water partition coefficient (Wildman–Crippen LogP) is 2.60. The topological polar surface area (TPSA) is 24.5 Å². The Bertz CT molecular complexity index is 300. The minimum Gasteiger partial charge on any atom is -0.386 e. The first kappa shape index (κ1) is 14.2. The lowest BCUT2D eigenvalue weighted by Crippen LogP contribution is -2.43. The van der Waals surface area contributed by atoms with Gasteiger partial charge >= 0.3 is 0 Å². The molecular weight excluding hydrogens is 244 g/mol. The van der Waals surface area contributed by atoms with E-state index in [4.69, 9.17) is 4.18 Å². The Labute approximate surface area is 117 Å². The van der Waals surface area contributed by atoms with Crippen molar-refractivity contribution in [3.63, 3.8) is 0 Å². The van der Waals surface area contributed by atoms with Crippen LogP contribution in [0, 0.1) is 5.92 Å². The maximum absolute atomic E-state index is 5.00. The molecule has 0 bridgehead atoms. The molecule has 1 aliphatic heterocycles. The van der Waals surface area contributed by atoms with Crippen LogP contribution in [0.5, 0.6) is 0 Å². The zero-order valence-corrected chi connectivity index (χ0v) is 12.6. The van der Waals surface area contributed by atoms with Crippen LogP contribution in [-0.2, 0) is 4.18 Å². The molecule has 1 saturated heterocycles. The van der Waals surface area contributed by atoms with Crippen molar-refractivity contribution in [1.82, 2.24) is 10.2 Å². The van der Waals surface area contributed by atoms with Gasteiger partial charge in [0.25, 0.3) is 0 Å². The van der Waals surface area contributed by atoms with Gasteiger partial charge in [-0.25, -0.2) is 0 Å². The van der Waals surface area contributed by atoms with Crippen LogP contribution in [0.3, 0.4) is 0 Å². The molecule has 18 heavy (non-hydrogen) atoms. The van der Waals surface area contributed by atoms with Crippen molar-refractivity contribution in [2.75, 3.05) is 13.1 Å². The van der Waals surface area contributed by atoms with Crippen LogP contribution in [-0.4, -0.2) is 36.2 Å². The van der Waals surface area contributed by atoms with E-state index in [0.29, 0.717) is 18.2 Å². The van der Waals surface area contributed by atoms with Crippen molar-refractivity contribution < 1.29 is 4.18 Å². The van der Waals surface area contributed by atoms with Crippen LogP contribution in [0.15, 0.2) is 11.8 Å². The second-order valence-electron chi connectivity index (χ2n) is 6.03. The van der Waals surface area contributed by atoms with Gasteiger partial charge < -0.3 is 14.4 Å². The largest absolute Gasteiger partial charge is 0.386 e. The highest BCUT2D eigenvalue weighted by Gasteiger charge is 2.29. The lowest BCUT2D eigenvalue weighted by Gasteiger charge is -2.35. The highest BCUT2D eigenvalue weighted by molar-refractivity contribution is 7.75. The van der Waals surface area contributed by atoms with Gasteiger partial charge in [-0.15, -0.1) is 0 Å². The molecule has 0 aromatic rings. The minimum absolute atomic E-state index is 0.349. The molecule has 2 fully saturated rings. The van der Waals surface area contributed by atoms with Gasteiger partial charge in [-0.05, 0) is 65.4 Å². The van der Waals surface area contributed by atoms with E-state index in [9.17, 15) is 0 Å². The molecule has 0 aromatic heterocycles. The maximum atomic E-state index is 5.00. The van der Waals surface area contributed by atoms with Crippen molar-refractivity contribution >= 4 is 12.9 Å². The number of hydrogen-bond acceptors (Lipinski definition) is 4. The molecule has 4 heteroatoms. The normalized spacial score (nSPS) is 33.8. The number of hydrogen-bond donors (Lipinski definition) is 2. The smallest absolute Gasteiger partial charge is 0.0758 e. The van der Waals surface area contributed by atoms with Crippen molar-refractivity contribution in [1.29, 1.82) is 0 Å². The first-order chi connectivity index (χ1) is 8.58. The summed E-state index contributed by atoms with van der Waals surface area (Å²) in [6.45, 7) is 9.20. The highest BCUT2D eigenvalue weighted by Crippen LogP contribution is 2.26. The van der Waals surface area contributed by atoms with E-state index in [1.165, 1.54) is 25.2 Å². The zero-order valence-electron chi connectivity index (χ0n) is 11.7. The maximum Gasteiger partial charge on any atom is 0.0758 e. The van der Waals surface area contributed by atoms with Gasteiger partial charge in [-0.1, -0.05) is 6.08 Å². The zero-order chi connectivity index (χ0) is 13.1. The molecule has 1 saturated carbocycles. The quantitative estimate of drug-likeness (QED) is 0.593. The third kappa shape index (κ3) is 3.65. The van der Waals surface area contributed by atoms with Crippen LogP contribution in [0.1, 0.15) is 40.0 Å². The Balaban J connectivity index is 1.73. The molecule has 1 aliphatic carbocycles. The van der Waals surface area contributed by atoms with E-state index in [2.05, 4.69) is 50.0 Å². The molecule has 0 amide bonds. The number of allylic oxidation sites excluding steroid dienone is 1. The summed E-state index contributed by atoms with van der Waals surface area (Å²) in [5.74, 6) is 0.719. The van der Waals surface area contributed by atoms with Gasteiger partial charge in [0, 0.05) is 24.3 Å². The SMILES string of the molecule is C/C(=C/C1CCN(C(C)C)C1)NC1CC(OS)C1. The fourth-order valence-corrected chi connectivity index (χ4v) is 3.09. The molecule has 1 heterocycles. The predicted molar refractivity (Wildman–Crippen MR) is 78.6 cm³/mol. The molecule has 104 valence electrons. The molecule has 2 rings (SSSR count). The average molecular weight is 270 g/mol. The monoisotopic (exact) mass is 270 g/mol. The molecule has 1 atom stereocenters. The molecule has 3 nitrogen and oxygen atoms in total. The second-order valence-corrected chi connectivity index (χ2v) is 6.24. The van der Waals surface area contributed by atoms with Gasteiger partial charge in [-0.2, -0.15) is 0 Å². The van der Waals surface area contributed by atoms with Crippen molar-refractivity contribution in [3.8, 4) is 0 Å². The highest BCUT2D eigenvalue weighted by atomic mass is 32.1. The molecule has 1 unspecified atom stereocenters. The van der Waals surface area contributed by atoms with Crippen LogP contribution in [0.2, 0.25) is 0 Å². The second kappa shape index (κ2) is 6.31. The van der Waals surface area contributed by atoms with E-state index in [0.717, 1.165) is 18.8 Å². The van der Waals surface area contributed by atoms with Gasteiger partial charge in [0.05, 0.1) is 6.10 Å². The van der Waals surface area contributed by atoms with Gasteiger partial charge in [0.2, 0.25) is 0 Å². The Morgan fingerprint density at radius 3 is 2.72 bits per heavy atom. The third-order valence-corrected chi connectivity index (χ3v) is 4.45. The van der Waals surface area contributed by atoms with Gasteiger partial charge in [0.15, 0.2) is 0 Å². The number of nitrogens with zero attached hydrogens (tertiary/aromatic N) is 1. The molecular formula is C14H26N2OS. The summed E-state index contributed by atoms with van der Waals surface area (Å²) >= 11 is 3.85. The molecule has 0 radical (unpaired) electrons. The molecule has 0 aromatic carbocycles. The van der Waals surface area contributed by atoms with Crippen LogP contribution in [0.4, 0.5) is 0 Å². The van der Waals surface area contributed by atoms with E-state index < -0.39 is 0 Å². The Hall–Kier alpha value is -0.190. The standard InChI is InChI=1S/C14H26N2OS/c1-10(2)16-5-4-12(9-16)6-11(3)15-13-7-14(8-13)17-18/h6,10,12-15,18H,4-5,7-9H2,1-3H3/b11-6-. The lowest BCUT2D eigenvalue weighted by molar-refractivity contribution is 0.115. The summed E-state index contributed by atoms with van der Waals surface area (Å²) in [6.07, 6.45) is 6.22. The fraction of sp³-hybridized carbons (Fsp3) is 0.857. The van der Waals surface area contributed by atoms with Crippen molar-refractivity contribution in [2.45, 2.75) is 58.2 Å². The van der Waals surface area contributed by atoms with Crippen LogP contribution in [0.25, 0.3) is 0 Å². The fourth-order valence-electron chi connectivity index (χ4n) is 2.91. The summed E-state index contributed by atoms with van der Waals surface area (Å²) in [5.41, 5.74) is 1.33. The molecule has 0 spiro atoms. The number of rotatable bonds is 5. The van der Waals surface area contributed by atoms with Gasteiger partial charge in [-0.3, -0.25) is 0 Å². The molecule has 2 aliphatic rings. The van der Waals surface area contributed by atoms with E-state index in [1.54, 1.807) is 0 Å². The lowest BCUT2D eigenvalue weighted by atomic mass is 9.89. The Morgan fingerprint density at radius 1 is 1.44 bits per heavy atom. The first-order valence-corrected chi connectivity index (χ1v) is 7.44. The van der Waals surface area contributed by atoms with Crippen LogP contribution < -0.4 is 5.32 Å². The van der Waals surface area contributed by atoms with E-state index in [1.807, 2.05) is 0 Å².